The SMILES string of the molecule is O=C(CC1CCOCC1)N[C@@H]1c2ccccc2[C@@H]2CN(Cc3ccc(F)cc3F)C[C@H]12. The third-order valence-electron chi connectivity index (χ3n) is 7.14. The van der Waals surface area contributed by atoms with Crippen LogP contribution in [0.25, 0.3) is 0 Å². The number of carbonyl (C=O) groups is 1. The molecule has 164 valence electrons. The summed E-state index contributed by atoms with van der Waals surface area (Å²) in [6, 6.07) is 12.1. The molecule has 0 aromatic heterocycles. The summed E-state index contributed by atoms with van der Waals surface area (Å²) >= 11 is 0. The molecule has 1 aliphatic carbocycles. The van der Waals surface area contributed by atoms with Crippen LogP contribution in [0.5, 0.6) is 0 Å². The van der Waals surface area contributed by atoms with Crippen molar-refractivity contribution >= 4 is 5.91 Å². The van der Waals surface area contributed by atoms with Crippen molar-refractivity contribution in [3.63, 3.8) is 0 Å². The van der Waals surface area contributed by atoms with E-state index in [1.54, 1.807) is 0 Å². The molecule has 2 aromatic rings. The minimum atomic E-state index is -0.555. The number of fused-ring (bicyclic) bond motifs is 3. The van der Waals surface area contributed by atoms with Gasteiger partial charge in [-0.25, -0.2) is 8.78 Å². The Labute approximate surface area is 181 Å². The first-order valence-electron chi connectivity index (χ1n) is 11.2. The molecule has 3 aliphatic rings. The van der Waals surface area contributed by atoms with Crippen molar-refractivity contribution in [2.24, 2.45) is 11.8 Å². The highest BCUT2D eigenvalue weighted by Crippen LogP contribution is 2.49. The molecule has 1 N–H and O–H groups in total. The first-order valence-corrected chi connectivity index (χ1v) is 11.2. The first-order chi connectivity index (χ1) is 15.1. The largest absolute Gasteiger partial charge is 0.381 e. The third kappa shape index (κ3) is 4.23. The molecule has 5 rings (SSSR count). The van der Waals surface area contributed by atoms with Gasteiger partial charge in [0.25, 0.3) is 0 Å². The van der Waals surface area contributed by atoms with Crippen LogP contribution >= 0.6 is 0 Å². The number of amides is 1. The van der Waals surface area contributed by atoms with E-state index in [2.05, 4.69) is 22.3 Å². The average molecular weight is 427 g/mol. The van der Waals surface area contributed by atoms with Crippen molar-refractivity contribution in [2.75, 3.05) is 26.3 Å². The van der Waals surface area contributed by atoms with E-state index in [1.165, 1.54) is 23.3 Å². The van der Waals surface area contributed by atoms with Crippen LogP contribution in [0.3, 0.4) is 0 Å². The summed E-state index contributed by atoms with van der Waals surface area (Å²) in [5.41, 5.74) is 3.01. The van der Waals surface area contributed by atoms with Crippen molar-refractivity contribution < 1.29 is 18.3 Å². The van der Waals surface area contributed by atoms with Crippen molar-refractivity contribution in [1.29, 1.82) is 0 Å². The number of likely N-dealkylation sites (tertiary alicyclic amines) is 1. The van der Waals surface area contributed by atoms with Crippen LogP contribution < -0.4 is 5.32 Å². The van der Waals surface area contributed by atoms with Gasteiger partial charge in [-0.15, -0.1) is 0 Å². The van der Waals surface area contributed by atoms with Gasteiger partial charge in [0.1, 0.15) is 11.6 Å². The molecule has 0 radical (unpaired) electrons. The zero-order chi connectivity index (χ0) is 21.4. The van der Waals surface area contributed by atoms with Crippen LogP contribution in [0.4, 0.5) is 8.78 Å². The average Bonchev–Trinajstić information content (AvgIpc) is 3.29. The lowest BCUT2D eigenvalue weighted by Crippen LogP contribution is -2.35. The fourth-order valence-electron chi connectivity index (χ4n) is 5.59. The standard InChI is InChI=1S/C25H28F2N2O2/c26-18-6-5-17(23(27)12-18)13-29-14-21-19-3-1-2-4-20(19)25(22(21)15-29)28-24(30)11-16-7-9-31-10-8-16/h1-6,12,16,21-22,25H,7-11,13-15H2,(H,28,30)/t21-,22-,25+/m0/s1. The Morgan fingerprint density at radius 1 is 1.06 bits per heavy atom. The van der Waals surface area contributed by atoms with Gasteiger partial charge in [-0.1, -0.05) is 30.3 Å². The topological polar surface area (TPSA) is 41.6 Å². The molecule has 2 saturated heterocycles. The number of nitrogens with zero attached hydrogens (tertiary/aromatic N) is 1. The molecule has 2 aromatic carbocycles. The predicted molar refractivity (Wildman–Crippen MR) is 113 cm³/mol. The maximum absolute atomic E-state index is 14.2. The number of hydrogen-bond acceptors (Lipinski definition) is 3. The second kappa shape index (κ2) is 8.67. The van der Waals surface area contributed by atoms with Crippen molar-refractivity contribution in [3.05, 3.63) is 70.8 Å². The van der Waals surface area contributed by atoms with Crippen LogP contribution in [-0.2, 0) is 16.1 Å². The number of halogens is 2. The van der Waals surface area contributed by atoms with Gasteiger partial charge in [0.15, 0.2) is 0 Å². The van der Waals surface area contributed by atoms with Crippen LogP contribution in [0.15, 0.2) is 42.5 Å². The summed E-state index contributed by atoms with van der Waals surface area (Å²) in [4.78, 5) is 15.1. The van der Waals surface area contributed by atoms with Gasteiger partial charge in [-0.05, 0) is 36.0 Å². The number of ether oxygens (including phenoxy) is 1. The second-order valence-corrected chi connectivity index (χ2v) is 9.13. The van der Waals surface area contributed by atoms with E-state index in [-0.39, 0.29) is 17.9 Å². The third-order valence-corrected chi connectivity index (χ3v) is 7.14. The normalized spacial score (nSPS) is 25.9. The summed E-state index contributed by atoms with van der Waals surface area (Å²) < 4.78 is 32.8. The van der Waals surface area contributed by atoms with Crippen LogP contribution in [-0.4, -0.2) is 37.1 Å². The molecule has 3 atom stereocenters. The zero-order valence-electron chi connectivity index (χ0n) is 17.5. The molecule has 1 amide bonds. The Hall–Kier alpha value is -2.31. The lowest BCUT2D eigenvalue weighted by Gasteiger charge is -2.25. The van der Waals surface area contributed by atoms with E-state index < -0.39 is 11.6 Å². The number of nitrogens with one attached hydrogen (secondary N) is 1. The summed E-state index contributed by atoms with van der Waals surface area (Å²) in [5, 5.41) is 3.33. The van der Waals surface area contributed by atoms with E-state index in [0.29, 0.717) is 30.4 Å². The van der Waals surface area contributed by atoms with Crippen LogP contribution in [0.2, 0.25) is 0 Å². The quantitative estimate of drug-likeness (QED) is 0.780. The van der Waals surface area contributed by atoms with E-state index in [4.69, 9.17) is 4.74 Å². The molecule has 4 nitrogen and oxygen atoms in total. The van der Waals surface area contributed by atoms with Gasteiger partial charge in [-0.3, -0.25) is 9.69 Å². The number of hydrogen-bond donors (Lipinski definition) is 1. The molecule has 31 heavy (non-hydrogen) atoms. The van der Waals surface area contributed by atoms with E-state index in [1.807, 2.05) is 12.1 Å². The van der Waals surface area contributed by atoms with E-state index >= 15 is 0 Å². The molecule has 0 unspecified atom stereocenters. The van der Waals surface area contributed by atoms with Gasteiger partial charge in [-0.2, -0.15) is 0 Å². The van der Waals surface area contributed by atoms with Crippen molar-refractivity contribution in [3.8, 4) is 0 Å². The van der Waals surface area contributed by atoms with Gasteiger partial charge in [0.05, 0.1) is 6.04 Å². The van der Waals surface area contributed by atoms with Gasteiger partial charge >= 0.3 is 0 Å². The highest BCUT2D eigenvalue weighted by Gasteiger charge is 2.46. The molecule has 2 fully saturated rings. The number of benzene rings is 2. The molecule has 2 heterocycles. The molecule has 0 bridgehead atoms. The summed E-state index contributed by atoms with van der Waals surface area (Å²) in [7, 11) is 0. The Morgan fingerprint density at radius 3 is 2.61 bits per heavy atom. The Balaban J connectivity index is 1.30. The Bertz CT molecular complexity index is 960. The van der Waals surface area contributed by atoms with Crippen LogP contribution in [0, 0.1) is 23.5 Å². The zero-order valence-corrected chi connectivity index (χ0v) is 17.5. The Kier molecular flexibility index (Phi) is 5.76. The second-order valence-electron chi connectivity index (χ2n) is 9.13. The Morgan fingerprint density at radius 2 is 1.84 bits per heavy atom. The first kappa shape index (κ1) is 20.6. The molecule has 6 heteroatoms. The maximum atomic E-state index is 14.2. The smallest absolute Gasteiger partial charge is 0.220 e. The van der Waals surface area contributed by atoms with Crippen LogP contribution in [0.1, 0.15) is 47.9 Å². The van der Waals surface area contributed by atoms with E-state index in [9.17, 15) is 13.6 Å². The monoisotopic (exact) mass is 426 g/mol. The lowest BCUT2D eigenvalue weighted by molar-refractivity contribution is -0.123. The van der Waals surface area contributed by atoms with Gasteiger partial charge < -0.3 is 10.1 Å². The molecular weight excluding hydrogens is 398 g/mol. The number of rotatable bonds is 5. The summed E-state index contributed by atoms with van der Waals surface area (Å²) in [5.74, 6) is 0.0188. The molecular formula is C25H28F2N2O2. The minimum Gasteiger partial charge on any atom is -0.381 e. The number of carbonyl (C=O) groups excluding carboxylic acids is 1. The predicted octanol–water partition coefficient (Wildman–Crippen LogP) is 4.17. The lowest BCUT2D eigenvalue weighted by atomic mass is 9.93. The molecule has 2 aliphatic heterocycles. The van der Waals surface area contributed by atoms with Crippen molar-refractivity contribution in [2.45, 2.75) is 37.8 Å². The highest BCUT2D eigenvalue weighted by molar-refractivity contribution is 5.77. The molecule has 0 spiro atoms. The highest BCUT2D eigenvalue weighted by atomic mass is 19.1. The summed E-state index contributed by atoms with van der Waals surface area (Å²) in [6.07, 6.45) is 2.43. The van der Waals surface area contributed by atoms with Crippen molar-refractivity contribution in [1.82, 2.24) is 10.2 Å². The van der Waals surface area contributed by atoms with E-state index in [0.717, 1.165) is 45.2 Å². The fourth-order valence-corrected chi connectivity index (χ4v) is 5.59. The van der Waals surface area contributed by atoms with Gasteiger partial charge in [0.2, 0.25) is 5.91 Å². The maximum Gasteiger partial charge on any atom is 0.220 e. The molecule has 0 saturated carbocycles. The van der Waals surface area contributed by atoms with Gasteiger partial charge in [0, 0.05) is 62.7 Å². The summed E-state index contributed by atoms with van der Waals surface area (Å²) in [6.45, 7) is 3.51. The minimum absolute atomic E-state index is 0.0170. The fraction of sp³-hybridized carbons (Fsp3) is 0.480.